The van der Waals surface area contributed by atoms with Crippen LogP contribution in [0, 0.1) is 6.92 Å². The van der Waals surface area contributed by atoms with Crippen molar-refractivity contribution in [2.24, 2.45) is 4.99 Å². The normalized spacial score (nSPS) is 23.2. The maximum absolute atomic E-state index is 11.2. The molecule has 1 aromatic carbocycles. The van der Waals surface area contributed by atoms with Gasteiger partial charge in [-0.1, -0.05) is 41.6 Å². The summed E-state index contributed by atoms with van der Waals surface area (Å²) in [6, 6.07) is 11.8. The first-order valence-corrected chi connectivity index (χ1v) is 8.31. The van der Waals surface area contributed by atoms with Crippen molar-refractivity contribution in [1.82, 2.24) is 9.88 Å². The molecule has 1 N–H and O–H groups in total. The minimum absolute atomic E-state index is 0.572. The van der Waals surface area contributed by atoms with E-state index < -0.39 is 5.72 Å². The van der Waals surface area contributed by atoms with E-state index in [4.69, 9.17) is 0 Å². The largest absolute Gasteiger partial charge is 0.366 e. The average molecular weight is 313 g/mol. The second-order valence-corrected chi connectivity index (χ2v) is 6.26. The Kier molecular flexibility index (Phi) is 4.18. The molecule has 1 unspecified atom stereocenters. The van der Waals surface area contributed by atoms with Crippen LogP contribution in [0.2, 0.25) is 0 Å². The van der Waals surface area contributed by atoms with Gasteiger partial charge in [0.25, 0.3) is 0 Å². The van der Waals surface area contributed by atoms with E-state index in [1.807, 2.05) is 55.1 Å². The Balaban J connectivity index is 1.95. The molecule has 22 heavy (non-hydrogen) atoms. The number of hydrogen-bond acceptors (Lipinski definition) is 4. The van der Waals surface area contributed by atoms with Crippen molar-refractivity contribution in [2.45, 2.75) is 19.6 Å². The zero-order valence-corrected chi connectivity index (χ0v) is 13.5. The molecule has 1 aromatic heterocycles. The van der Waals surface area contributed by atoms with Crippen molar-refractivity contribution in [2.75, 3.05) is 12.3 Å². The summed E-state index contributed by atoms with van der Waals surface area (Å²) < 4.78 is 0. The van der Waals surface area contributed by atoms with Gasteiger partial charge in [0.15, 0.2) is 10.9 Å². The topological polar surface area (TPSA) is 48.7 Å². The number of aryl methyl sites for hydroxylation is 1. The number of aliphatic hydroxyl groups is 1. The van der Waals surface area contributed by atoms with Gasteiger partial charge in [-0.05, 0) is 26.0 Å². The fourth-order valence-corrected chi connectivity index (χ4v) is 3.82. The molecule has 0 radical (unpaired) electrons. The van der Waals surface area contributed by atoms with Crippen LogP contribution in [0.1, 0.15) is 18.1 Å². The highest BCUT2D eigenvalue weighted by Gasteiger charge is 2.43. The first kappa shape index (κ1) is 15.1. The molecule has 3 rings (SSSR count). The third-order valence-corrected chi connectivity index (χ3v) is 4.90. The zero-order chi connectivity index (χ0) is 15.6. The monoisotopic (exact) mass is 313 g/mol. The van der Waals surface area contributed by atoms with Crippen LogP contribution < -0.4 is 0 Å². The van der Waals surface area contributed by atoms with Crippen LogP contribution in [0.4, 0.5) is 5.69 Å². The van der Waals surface area contributed by atoms with Gasteiger partial charge in [0.1, 0.15) is 0 Å². The van der Waals surface area contributed by atoms with Crippen LogP contribution in [-0.2, 0) is 5.72 Å². The smallest absolute Gasteiger partial charge is 0.175 e. The maximum atomic E-state index is 11.2. The molecular weight excluding hydrogens is 294 g/mol. The number of thioether (sulfide) groups is 1. The summed E-state index contributed by atoms with van der Waals surface area (Å²) >= 11 is 1.57. The van der Waals surface area contributed by atoms with Gasteiger partial charge in [-0.25, -0.2) is 4.99 Å². The number of hydrogen-bond donors (Lipinski definition) is 1. The van der Waals surface area contributed by atoms with Gasteiger partial charge < -0.3 is 10.0 Å². The van der Waals surface area contributed by atoms with Crippen molar-refractivity contribution in [3.8, 4) is 0 Å². The summed E-state index contributed by atoms with van der Waals surface area (Å²) in [6.45, 7) is 4.77. The van der Waals surface area contributed by atoms with Crippen molar-refractivity contribution < 1.29 is 5.11 Å². The number of rotatable bonds is 3. The molecule has 114 valence electrons. The molecule has 2 aromatic rings. The maximum Gasteiger partial charge on any atom is 0.175 e. The van der Waals surface area contributed by atoms with Gasteiger partial charge in [0.05, 0.1) is 17.6 Å². The second-order valence-electron chi connectivity index (χ2n) is 5.32. The number of aliphatic imine (C=N–C) groups is 1. The lowest BCUT2D eigenvalue weighted by Gasteiger charge is -2.33. The van der Waals surface area contributed by atoms with Crippen LogP contribution in [0.25, 0.3) is 0 Å². The molecule has 1 atom stereocenters. The van der Waals surface area contributed by atoms with Gasteiger partial charge in [-0.3, -0.25) is 4.98 Å². The second kappa shape index (κ2) is 6.10. The minimum atomic E-state index is -1.01. The summed E-state index contributed by atoms with van der Waals surface area (Å²) in [5.74, 6) is 0.572. The fourth-order valence-electron chi connectivity index (χ4n) is 2.56. The van der Waals surface area contributed by atoms with E-state index in [9.17, 15) is 5.11 Å². The van der Waals surface area contributed by atoms with Crippen molar-refractivity contribution in [3.05, 3.63) is 59.9 Å². The molecule has 0 spiro atoms. The highest BCUT2D eigenvalue weighted by molar-refractivity contribution is 8.14. The molecule has 0 amide bonds. The van der Waals surface area contributed by atoms with Crippen LogP contribution in [0.15, 0.2) is 53.8 Å². The Morgan fingerprint density at radius 2 is 2.09 bits per heavy atom. The molecule has 1 aliphatic rings. The number of amidine groups is 1. The Labute approximate surface area is 134 Å². The van der Waals surface area contributed by atoms with E-state index >= 15 is 0 Å². The van der Waals surface area contributed by atoms with Crippen molar-refractivity contribution >= 4 is 22.6 Å². The van der Waals surface area contributed by atoms with E-state index in [2.05, 4.69) is 9.98 Å². The van der Waals surface area contributed by atoms with Crippen molar-refractivity contribution in [3.63, 3.8) is 0 Å². The fraction of sp³-hybridized carbons (Fsp3) is 0.294. The lowest BCUT2D eigenvalue weighted by atomic mass is 10.0. The Morgan fingerprint density at radius 3 is 2.73 bits per heavy atom. The first-order chi connectivity index (χ1) is 10.6. The lowest BCUT2D eigenvalue weighted by Crippen LogP contribution is -2.44. The molecule has 1 aliphatic heterocycles. The molecule has 1 fully saturated rings. The van der Waals surface area contributed by atoms with Crippen LogP contribution >= 0.6 is 11.8 Å². The standard InChI is InChI=1S/C17H19N3OS/c1-3-20-16(19-15-5-4-10-18-11-15)22-12-17(20,21)14-8-6-13(2)7-9-14/h4-11,21H,3,12H2,1-2H3. The molecule has 4 nitrogen and oxygen atoms in total. The van der Waals surface area contributed by atoms with Gasteiger partial charge >= 0.3 is 0 Å². The minimum Gasteiger partial charge on any atom is -0.366 e. The third kappa shape index (κ3) is 2.74. The van der Waals surface area contributed by atoms with Gasteiger partial charge in [-0.15, -0.1) is 0 Å². The lowest BCUT2D eigenvalue weighted by molar-refractivity contribution is -0.0452. The van der Waals surface area contributed by atoms with Gasteiger partial charge in [0.2, 0.25) is 0 Å². The predicted molar refractivity (Wildman–Crippen MR) is 91.2 cm³/mol. The van der Waals surface area contributed by atoms with E-state index in [0.717, 1.165) is 16.4 Å². The highest BCUT2D eigenvalue weighted by Crippen LogP contribution is 2.39. The summed E-state index contributed by atoms with van der Waals surface area (Å²) in [6.07, 6.45) is 3.45. The quantitative estimate of drug-likeness (QED) is 0.944. The molecule has 5 heteroatoms. The Hall–Kier alpha value is -1.85. The number of aromatic nitrogens is 1. The first-order valence-electron chi connectivity index (χ1n) is 7.32. The predicted octanol–water partition coefficient (Wildman–Crippen LogP) is 3.29. The van der Waals surface area contributed by atoms with Crippen LogP contribution in [0.3, 0.4) is 0 Å². The third-order valence-electron chi connectivity index (χ3n) is 3.78. The number of nitrogens with zero attached hydrogens (tertiary/aromatic N) is 3. The summed E-state index contributed by atoms with van der Waals surface area (Å²) in [5.41, 5.74) is 1.89. The summed E-state index contributed by atoms with van der Waals surface area (Å²) in [5, 5.41) is 12.0. The summed E-state index contributed by atoms with van der Waals surface area (Å²) in [7, 11) is 0. The van der Waals surface area contributed by atoms with E-state index in [-0.39, 0.29) is 0 Å². The van der Waals surface area contributed by atoms with E-state index in [1.165, 1.54) is 5.56 Å². The zero-order valence-electron chi connectivity index (χ0n) is 12.7. The number of benzene rings is 1. The van der Waals surface area contributed by atoms with E-state index in [0.29, 0.717) is 12.3 Å². The summed E-state index contributed by atoms with van der Waals surface area (Å²) in [4.78, 5) is 10.7. The Morgan fingerprint density at radius 1 is 1.32 bits per heavy atom. The molecule has 0 aliphatic carbocycles. The van der Waals surface area contributed by atoms with Crippen molar-refractivity contribution in [1.29, 1.82) is 0 Å². The number of pyridine rings is 1. The highest BCUT2D eigenvalue weighted by atomic mass is 32.2. The molecule has 0 saturated carbocycles. The molecule has 1 saturated heterocycles. The van der Waals surface area contributed by atoms with Gasteiger partial charge in [0, 0.05) is 18.3 Å². The van der Waals surface area contributed by atoms with Gasteiger partial charge in [-0.2, -0.15) is 0 Å². The average Bonchev–Trinajstić information content (AvgIpc) is 2.86. The molecule has 0 bridgehead atoms. The van der Waals surface area contributed by atoms with Crippen LogP contribution in [0.5, 0.6) is 0 Å². The Bertz CT molecular complexity index is 672. The van der Waals surface area contributed by atoms with E-state index in [1.54, 1.807) is 24.2 Å². The molecule has 2 heterocycles. The van der Waals surface area contributed by atoms with Crippen LogP contribution in [-0.4, -0.2) is 32.5 Å². The molecular formula is C17H19N3OS. The SMILES string of the molecule is CCN1C(=Nc2cccnc2)SCC1(O)c1ccc(C)cc1.